The summed E-state index contributed by atoms with van der Waals surface area (Å²) in [5.74, 6) is 0.513. The Morgan fingerprint density at radius 2 is 2.03 bits per heavy atom. The number of alkyl halides is 3. The number of halogens is 3. The van der Waals surface area contributed by atoms with Gasteiger partial charge in [-0.15, -0.1) is 0 Å². The molecule has 2 aromatic rings. The number of rotatable bonds is 8. The molecule has 0 spiro atoms. The van der Waals surface area contributed by atoms with Crippen molar-refractivity contribution in [3.8, 4) is 0 Å². The molecule has 3 rings (SSSR count). The van der Waals surface area contributed by atoms with Crippen molar-refractivity contribution < 1.29 is 21.6 Å². The summed E-state index contributed by atoms with van der Waals surface area (Å²) in [5, 5.41) is -0.0451. The molecule has 10 heteroatoms. The highest BCUT2D eigenvalue weighted by Crippen LogP contribution is 2.34. The number of nitrogens with zero attached hydrogens (tertiary/aromatic N) is 3. The van der Waals surface area contributed by atoms with Crippen LogP contribution in [0.4, 0.5) is 19.0 Å². The fourth-order valence-electron chi connectivity index (χ4n) is 4.15. The van der Waals surface area contributed by atoms with Gasteiger partial charge in [0.2, 0.25) is 10.0 Å². The molecule has 0 bridgehead atoms. The Balaban J connectivity index is 1.77. The van der Waals surface area contributed by atoms with Crippen molar-refractivity contribution in [1.82, 2.24) is 14.7 Å². The first-order valence-corrected chi connectivity index (χ1v) is 12.3. The molecular weight excluding hydrogens is 429 g/mol. The molecule has 1 aliphatic rings. The fraction of sp³-hybridized carbons (Fsp3) is 0.619. The molecule has 1 N–H and O–H groups in total. The summed E-state index contributed by atoms with van der Waals surface area (Å²) in [4.78, 5) is 10.3. The molecule has 0 amide bonds. The van der Waals surface area contributed by atoms with Crippen LogP contribution in [0.1, 0.15) is 51.5 Å². The van der Waals surface area contributed by atoms with E-state index in [1.807, 2.05) is 18.7 Å². The monoisotopic (exact) mass is 458 g/mol. The molecule has 2 heterocycles. The predicted molar refractivity (Wildman–Crippen MR) is 115 cm³/mol. The first-order valence-electron chi connectivity index (χ1n) is 10.7. The Labute approximate surface area is 181 Å². The fourth-order valence-corrected chi connectivity index (χ4v) is 5.84. The third-order valence-electron chi connectivity index (χ3n) is 5.84. The van der Waals surface area contributed by atoms with Crippen LogP contribution in [0.15, 0.2) is 24.5 Å². The molecule has 172 valence electrons. The molecule has 2 atom stereocenters. The van der Waals surface area contributed by atoms with E-state index in [1.54, 1.807) is 0 Å². The highest BCUT2D eigenvalue weighted by molar-refractivity contribution is 7.90. The van der Waals surface area contributed by atoms with E-state index in [0.29, 0.717) is 49.2 Å². The second-order valence-corrected chi connectivity index (χ2v) is 10.1. The van der Waals surface area contributed by atoms with E-state index in [-0.39, 0.29) is 5.92 Å². The van der Waals surface area contributed by atoms with Gasteiger partial charge in [0.25, 0.3) is 0 Å². The topological polar surface area (TPSA) is 75.2 Å². The molecule has 0 radical (unpaired) electrons. The summed E-state index contributed by atoms with van der Waals surface area (Å²) in [5.41, 5.74) is -0.287. The lowest BCUT2D eigenvalue weighted by Gasteiger charge is -2.34. The number of anilines is 1. The van der Waals surface area contributed by atoms with Crippen molar-refractivity contribution in [1.29, 1.82) is 0 Å². The summed E-state index contributed by atoms with van der Waals surface area (Å²) >= 11 is 0. The lowest BCUT2D eigenvalue weighted by atomic mass is 9.98. The molecule has 1 aromatic carbocycles. The lowest BCUT2D eigenvalue weighted by Crippen LogP contribution is -2.43. The van der Waals surface area contributed by atoms with E-state index in [2.05, 4.69) is 14.7 Å². The number of fused-ring (bicyclic) bond motifs is 1. The van der Waals surface area contributed by atoms with E-state index >= 15 is 0 Å². The average Bonchev–Trinajstić information content (AvgIpc) is 2.74. The van der Waals surface area contributed by atoms with Crippen molar-refractivity contribution in [2.75, 3.05) is 24.5 Å². The number of sulfonamides is 1. The van der Waals surface area contributed by atoms with Crippen molar-refractivity contribution in [2.24, 2.45) is 5.92 Å². The smallest absolute Gasteiger partial charge is 0.356 e. The van der Waals surface area contributed by atoms with E-state index in [1.165, 1.54) is 12.4 Å². The Bertz CT molecular complexity index is 998. The SMILES string of the molecule is CCCC(CC)S(=O)(=O)NCC1CCCN(c2ncnc3ccc(C(F)(F)F)cc23)C1. The lowest BCUT2D eigenvalue weighted by molar-refractivity contribution is -0.137. The van der Waals surface area contributed by atoms with Gasteiger partial charge in [-0.3, -0.25) is 0 Å². The van der Waals surface area contributed by atoms with Gasteiger partial charge in [-0.1, -0.05) is 20.3 Å². The van der Waals surface area contributed by atoms with Crippen molar-refractivity contribution >= 4 is 26.7 Å². The highest BCUT2D eigenvalue weighted by atomic mass is 32.2. The third-order valence-corrected chi connectivity index (χ3v) is 7.85. The molecular formula is C21H29F3N4O2S. The number of nitrogens with one attached hydrogen (secondary N) is 1. The summed E-state index contributed by atoms with van der Waals surface area (Å²) < 4.78 is 67.5. The molecule has 1 aliphatic heterocycles. The molecule has 1 saturated heterocycles. The van der Waals surface area contributed by atoms with Gasteiger partial charge in [0.15, 0.2) is 0 Å². The molecule has 0 saturated carbocycles. The maximum Gasteiger partial charge on any atom is 0.416 e. The number of aromatic nitrogens is 2. The first kappa shape index (κ1) is 23.7. The van der Waals surface area contributed by atoms with Gasteiger partial charge in [-0.05, 0) is 49.8 Å². The maximum atomic E-state index is 13.2. The molecule has 1 fully saturated rings. The number of hydrogen-bond acceptors (Lipinski definition) is 5. The largest absolute Gasteiger partial charge is 0.416 e. The standard InChI is InChI=1S/C21H29F3N4O2S/c1-3-6-17(4-2)31(29,30)27-12-15-7-5-10-28(13-15)20-18-11-16(21(22,23)24)8-9-19(18)25-14-26-20/h8-9,11,14-15,17,27H,3-7,10,12-13H2,1-2H3. The Morgan fingerprint density at radius 1 is 1.26 bits per heavy atom. The van der Waals surface area contributed by atoms with E-state index in [0.717, 1.165) is 31.4 Å². The summed E-state index contributed by atoms with van der Waals surface area (Å²) in [6.07, 6.45) is 0.554. The van der Waals surface area contributed by atoms with E-state index in [4.69, 9.17) is 0 Å². The van der Waals surface area contributed by atoms with E-state index in [9.17, 15) is 21.6 Å². The van der Waals surface area contributed by atoms with Crippen LogP contribution in [0.25, 0.3) is 10.9 Å². The van der Waals surface area contributed by atoms with Gasteiger partial charge in [0.05, 0.1) is 16.3 Å². The van der Waals surface area contributed by atoms with Gasteiger partial charge in [-0.25, -0.2) is 23.1 Å². The normalized spacial score (nSPS) is 19.0. The van der Waals surface area contributed by atoms with Gasteiger partial charge in [0.1, 0.15) is 12.1 Å². The minimum atomic E-state index is -4.45. The minimum Gasteiger partial charge on any atom is -0.356 e. The Kier molecular flexibility index (Phi) is 7.41. The summed E-state index contributed by atoms with van der Waals surface area (Å²) in [7, 11) is -3.39. The van der Waals surface area contributed by atoms with Gasteiger partial charge < -0.3 is 4.90 Å². The predicted octanol–water partition coefficient (Wildman–Crippen LogP) is 4.36. The van der Waals surface area contributed by atoms with Crippen molar-refractivity contribution in [3.63, 3.8) is 0 Å². The van der Waals surface area contributed by atoms with Crippen molar-refractivity contribution in [3.05, 3.63) is 30.1 Å². The van der Waals surface area contributed by atoms with E-state index < -0.39 is 27.0 Å². The first-order chi connectivity index (χ1) is 14.7. The zero-order valence-electron chi connectivity index (χ0n) is 17.8. The average molecular weight is 459 g/mol. The van der Waals surface area contributed by atoms with Crippen LogP contribution in [0.5, 0.6) is 0 Å². The van der Waals surface area contributed by atoms with Crippen LogP contribution >= 0.6 is 0 Å². The summed E-state index contributed by atoms with van der Waals surface area (Å²) in [6, 6.07) is 3.47. The molecule has 31 heavy (non-hydrogen) atoms. The van der Waals surface area contributed by atoms with Crippen molar-refractivity contribution in [2.45, 2.75) is 57.4 Å². The zero-order valence-corrected chi connectivity index (χ0v) is 18.6. The van der Waals surface area contributed by atoms with Crippen LogP contribution in [0.2, 0.25) is 0 Å². The van der Waals surface area contributed by atoms with Crippen LogP contribution in [-0.2, 0) is 16.2 Å². The van der Waals surface area contributed by atoms with Crippen LogP contribution in [-0.4, -0.2) is 43.3 Å². The second kappa shape index (κ2) is 9.68. The van der Waals surface area contributed by atoms with Crippen LogP contribution in [0, 0.1) is 5.92 Å². The van der Waals surface area contributed by atoms with Gasteiger partial charge in [0, 0.05) is 25.0 Å². The Morgan fingerprint density at radius 3 is 2.71 bits per heavy atom. The van der Waals surface area contributed by atoms with Crippen LogP contribution < -0.4 is 9.62 Å². The Hall–Kier alpha value is -1.94. The third kappa shape index (κ3) is 5.65. The molecule has 0 aliphatic carbocycles. The van der Waals surface area contributed by atoms with Gasteiger partial charge >= 0.3 is 6.18 Å². The molecule has 2 unspecified atom stereocenters. The number of hydrogen-bond donors (Lipinski definition) is 1. The molecule has 1 aromatic heterocycles. The maximum absolute atomic E-state index is 13.2. The highest BCUT2D eigenvalue weighted by Gasteiger charge is 2.32. The number of piperidine rings is 1. The molecule has 6 nitrogen and oxygen atoms in total. The zero-order chi connectivity index (χ0) is 22.6. The quantitative estimate of drug-likeness (QED) is 0.636. The minimum absolute atomic E-state index is 0.0541. The van der Waals surface area contributed by atoms with Crippen LogP contribution in [0.3, 0.4) is 0 Å². The summed E-state index contributed by atoms with van der Waals surface area (Å²) in [6.45, 7) is 5.33. The van der Waals surface area contributed by atoms with Gasteiger partial charge in [-0.2, -0.15) is 13.2 Å². The second-order valence-electron chi connectivity index (χ2n) is 8.09. The number of benzene rings is 1.